The van der Waals surface area contributed by atoms with Crippen LogP contribution in [0.4, 0.5) is 0 Å². The minimum Gasteiger partial charge on any atom is -0.478 e. The zero-order chi connectivity index (χ0) is 26.6. The number of hydrogen-bond donors (Lipinski definition) is 2. The van der Waals surface area contributed by atoms with Crippen molar-refractivity contribution in [1.29, 1.82) is 0 Å². The van der Waals surface area contributed by atoms with Crippen molar-refractivity contribution in [3.63, 3.8) is 0 Å². The second-order valence-electron chi connectivity index (χ2n) is 9.62. The normalized spacial score (nSPS) is 21.1. The average molecular weight is 499 g/mol. The third-order valence-electron chi connectivity index (χ3n) is 7.28. The summed E-state index contributed by atoms with van der Waals surface area (Å²) in [6.07, 6.45) is -0.128. The lowest BCUT2D eigenvalue weighted by atomic mass is 9.55. The lowest BCUT2D eigenvalue weighted by Gasteiger charge is -2.49. The van der Waals surface area contributed by atoms with Crippen molar-refractivity contribution in [2.24, 2.45) is 11.8 Å². The fourth-order valence-electron chi connectivity index (χ4n) is 5.34. The number of carbonyl (C=O) groups is 4. The number of piperidine rings is 1. The molecule has 2 N–H and O–H groups in total. The van der Waals surface area contributed by atoms with Crippen LogP contribution in [0.15, 0.2) is 84.9 Å². The quantitative estimate of drug-likeness (QED) is 0.459. The van der Waals surface area contributed by atoms with E-state index in [1.807, 2.05) is 12.1 Å². The van der Waals surface area contributed by atoms with Crippen molar-refractivity contribution in [3.8, 4) is 0 Å². The highest BCUT2D eigenvalue weighted by molar-refractivity contribution is 6.04. The Balaban J connectivity index is 1.99. The van der Waals surface area contributed by atoms with E-state index >= 15 is 0 Å². The van der Waals surface area contributed by atoms with E-state index in [0.717, 1.165) is 0 Å². The molecule has 0 radical (unpaired) electrons. The molecule has 37 heavy (non-hydrogen) atoms. The molecular formula is C30H30N2O5. The Bertz CT molecular complexity index is 1240. The minimum absolute atomic E-state index is 0.0320. The maximum Gasteiger partial charge on any atom is 0.335 e. The number of hydrogen-bond acceptors (Lipinski definition) is 5. The molecule has 1 aliphatic rings. The van der Waals surface area contributed by atoms with E-state index in [9.17, 15) is 24.3 Å². The third kappa shape index (κ3) is 5.08. The zero-order valence-electron chi connectivity index (χ0n) is 20.9. The van der Waals surface area contributed by atoms with Gasteiger partial charge in [0.15, 0.2) is 11.6 Å². The molecule has 7 nitrogen and oxygen atoms in total. The van der Waals surface area contributed by atoms with Gasteiger partial charge < -0.3 is 15.3 Å². The Hall–Kier alpha value is -4.10. The van der Waals surface area contributed by atoms with E-state index in [-0.39, 0.29) is 42.5 Å². The summed E-state index contributed by atoms with van der Waals surface area (Å²) in [4.78, 5) is 54.9. The molecule has 1 saturated heterocycles. The number of carboxylic acids is 1. The van der Waals surface area contributed by atoms with E-state index in [1.165, 1.54) is 17.0 Å². The van der Waals surface area contributed by atoms with Crippen LogP contribution in [0.1, 0.15) is 43.1 Å². The molecule has 1 fully saturated rings. The average Bonchev–Trinajstić information content (AvgIpc) is 2.93. The number of ketones is 2. The molecule has 1 amide bonds. The number of amides is 1. The van der Waals surface area contributed by atoms with Gasteiger partial charge in [-0.15, -0.1) is 0 Å². The molecule has 190 valence electrons. The molecule has 1 aliphatic heterocycles. The molecule has 0 bridgehead atoms. The first-order valence-electron chi connectivity index (χ1n) is 12.2. The molecular weight excluding hydrogens is 468 g/mol. The number of Topliss-reactive ketones (excluding diaryl/α,β-unsaturated/α-hetero) is 2. The summed E-state index contributed by atoms with van der Waals surface area (Å²) in [5, 5.41) is 13.0. The third-order valence-corrected chi connectivity index (χ3v) is 7.28. The van der Waals surface area contributed by atoms with Gasteiger partial charge in [0.05, 0.1) is 5.56 Å². The van der Waals surface area contributed by atoms with Gasteiger partial charge in [-0.3, -0.25) is 14.4 Å². The molecule has 4 rings (SSSR count). The van der Waals surface area contributed by atoms with E-state index in [4.69, 9.17) is 0 Å². The molecule has 0 spiro atoms. The Morgan fingerprint density at radius 3 is 1.73 bits per heavy atom. The second kappa shape index (κ2) is 10.9. The van der Waals surface area contributed by atoms with Gasteiger partial charge in [0.25, 0.3) is 0 Å². The number of nitrogens with zero attached hydrogens (tertiary/aromatic N) is 1. The van der Waals surface area contributed by atoms with Gasteiger partial charge in [-0.2, -0.15) is 0 Å². The van der Waals surface area contributed by atoms with Crippen LogP contribution in [0.25, 0.3) is 0 Å². The van der Waals surface area contributed by atoms with Crippen molar-refractivity contribution in [2.45, 2.75) is 11.8 Å². The van der Waals surface area contributed by atoms with Crippen molar-refractivity contribution in [2.75, 3.05) is 27.2 Å². The largest absolute Gasteiger partial charge is 0.478 e. The van der Waals surface area contributed by atoms with E-state index in [1.54, 1.807) is 74.8 Å². The van der Waals surface area contributed by atoms with Crippen molar-refractivity contribution in [1.82, 2.24) is 10.2 Å². The molecule has 3 atom stereocenters. The smallest absolute Gasteiger partial charge is 0.335 e. The minimum atomic E-state index is -1.28. The summed E-state index contributed by atoms with van der Waals surface area (Å²) >= 11 is 0. The topological polar surface area (TPSA) is 104 Å². The first-order valence-corrected chi connectivity index (χ1v) is 12.2. The molecule has 7 heteroatoms. The first-order chi connectivity index (χ1) is 17.8. The van der Waals surface area contributed by atoms with Crippen LogP contribution in [0.3, 0.4) is 0 Å². The number of rotatable bonds is 8. The highest BCUT2D eigenvalue weighted by Gasteiger charge is 2.55. The number of nitrogens with one attached hydrogen (secondary N) is 1. The summed E-state index contributed by atoms with van der Waals surface area (Å²) in [6, 6.07) is 23.9. The van der Waals surface area contributed by atoms with Gasteiger partial charge in [-0.05, 0) is 17.7 Å². The van der Waals surface area contributed by atoms with Gasteiger partial charge in [0, 0.05) is 62.0 Å². The number of aromatic carboxylic acids is 1. The van der Waals surface area contributed by atoms with E-state index < -0.39 is 23.2 Å². The fourth-order valence-corrected chi connectivity index (χ4v) is 5.34. The lowest BCUT2D eigenvalue weighted by Crippen LogP contribution is -2.61. The predicted molar refractivity (Wildman–Crippen MR) is 140 cm³/mol. The molecule has 3 aromatic carbocycles. The van der Waals surface area contributed by atoms with Crippen LogP contribution in [0, 0.1) is 11.8 Å². The predicted octanol–water partition coefficient (Wildman–Crippen LogP) is 3.70. The molecule has 0 unspecified atom stereocenters. The van der Waals surface area contributed by atoms with Gasteiger partial charge in [0.2, 0.25) is 5.91 Å². The standard InChI is InChI=1S/C30H30N2O5/c1-32(2)26(33)17-30(23-15-9-14-22(16-23)29(36)37)24(27(34)20-10-5-3-6-11-20)18-31-19-25(30)28(35)21-12-7-4-8-13-21/h3-16,24-25,31H,17-19H2,1-2H3,(H,36,37)/t24-,25+,30+. The van der Waals surface area contributed by atoms with Crippen LogP contribution in [0.2, 0.25) is 0 Å². The number of benzene rings is 3. The first kappa shape index (κ1) is 26.0. The summed E-state index contributed by atoms with van der Waals surface area (Å²) < 4.78 is 0. The number of carboxylic acid groups (broad SMARTS) is 1. The van der Waals surface area contributed by atoms with Crippen LogP contribution in [0.5, 0.6) is 0 Å². The van der Waals surface area contributed by atoms with Crippen molar-refractivity contribution < 1.29 is 24.3 Å². The SMILES string of the molecule is CN(C)C(=O)C[C@]1(c2cccc(C(=O)O)c2)[C@@H](C(=O)c2ccccc2)CNC[C@H]1C(=O)c1ccccc1. The Morgan fingerprint density at radius 2 is 1.27 bits per heavy atom. The summed E-state index contributed by atoms with van der Waals surface area (Å²) in [5.74, 6) is -3.37. The maximum absolute atomic E-state index is 14.1. The molecule has 0 aliphatic carbocycles. The molecule has 1 heterocycles. The molecule has 0 saturated carbocycles. The summed E-state index contributed by atoms with van der Waals surface area (Å²) in [5.41, 5.74) is 0.186. The Morgan fingerprint density at radius 1 is 0.784 bits per heavy atom. The zero-order valence-corrected chi connectivity index (χ0v) is 20.9. The van der Waals surface area contributed by atoms with E-state index in [0.29, 0.717) is 16.7 Å². The Labute approximate surface area is 216 Å². The van der Waals surface area contributed by atoms with Crippen LogP contribution < -0.4 is 5.32 Å². The van der Waals surface area contributed by atoms with Crippen LogP contribution in [-0.2, 0) is 10.2 Å². The van der Waals surface area contributed by atoms with Crippen molar-refractivity contribution >= 4 is 23.4 Å². The summed E-state index contributed by atoms with van der Waals surface area (Å²) in [7, 11) is 3.26. The van der Waals surface area contributed by atoms with Crippen LogP contribution >= 0.6 is 0 Å². The van der Waals surface area contributed by atoms with E-state index in [2.05, 4.69) is 5.32 Å². The fraction of sp³-hybridized carbons (Fsp3) is 0.267. The molecule has 3 aromatic rings. The Kier molecular flexibility index (Phi) is 7.64. The summed E-state index contributed by atoms with van der Waals surface area (Å²) in [6.45, 7) is 0.481. The van der Waals surface area contributed by atoms with Gasteiger partial charge in [0.1, 0.15) is 0 Å². The second-order valence-corrected chi connectivity index (χ2v) is 9.62. The van der Waals surface area contributed by atoms with Crippen molar-refractivity contribution in [3.05, 3.63) is 107 Å². The highest BCUT2D eigenvalue weighted by atomic mass is 16.4. The highest BCUT2D eigenvalue weighted by Crippen LogP contribution is 2.47. The van der Waals surface area contributed by atoms with Gasteiger partial charge in [-0.25, -0.2) is 4.79 Å². The molecule has 0 aromatic heterocycles. The van der Waals surface area contributed by atoms with Crippen LogP contribution in [-0.4, -0.2) is 60.6 Å². The monoisotopic (exact) mass is 498 g/mol. The maximum atomic E-state index is 14.1. The lowest BCUT2D eigenvalue weighted by molar-refractivity contribution is -0.131. The van der Waals surface area contributed by atoms with Gasteiger partial charge in [-0.1, -0.05) is 72.8 Å². The van der Waals surface area contributed by atoms with Gasteiger partial charge >= 0.3 is 5.97 Å². The number of carbonyl (C=O) groups excluding carboxylic acids is 3.